The maximum Gasteiger partial charge on any atom is 0.224 e. The van der Waals surface area contributed by atoms with Crippen LogP contribution in [0.15, 0.2) is 54.6 Å². The van der Waals surface area contributed by atoms with Gasteiger partial charge in [0.05, 0.1) is 0 Å². The van der Waals surface area contributed by atoms with Crippen LogP contribution in [0.2, 0.25) is 0 Å². The van der Waals surface area contributed by atoms with E-state index in [2.05, 4.69) is 5.32 Å². The van der Waals surface area contributed by atoms with Crippen molar-refractivity contribution in [1.29, 1.82) is 0 Å². The van der Waals surface area contributed by atoms with Gasteiger partial charge in [-0.3, -0.25) is 4.79 Å². The molecule has 23 heavy (non-hydrogen) atoms. The molecule has 0 radical (unpaired) electrons. The summed E-state index contributed by atoms with van der Waals surface area (Å²) in [6.45, 7) is 0. The van der Waals surface area contributed by atoms with Gasteiger partial charge in [0.15, 0.2) is 0 Å². The van der Waals surface area contributed by atoms with Gasteiger partial charge in [-0.25, -0.2) is 0 Å². The molecule has 2 aromatic rings. The van der Waals surface area contributed by atoms with Gasteiger partial charge in [0.25, 0.3) is 0 Å². The van der Waals surface area contributed by atoms with Crippen molar-refractivity contribution in [3.63, 3.8) is 0 Å². The summed E-state index contributed by atoms with van der Waals surface area (Å²) in [5, 5.41) is 2.93. The number of benzene rings is 2. The van der Waals surface area contributed by atoms with Crippen LogP contribution in [0.1, 0.15) is 25.7 Å². The Bertz CT molecular complexity index is 640. The van der Waals surface area contributed by atoms with Crippen LogP contribution in [0.3, 0.4) is 0 Å². The number of nitrogens with one attached hydrogen (secondary N) is 1. The molecule has 2 atom stereocenters. The lowest BCUT2D eigenvalue weighted by molar-refractivity contribution is -0.117. The quantitative estimate of drug-likeness (QED) is 0.879. The third-order valence-corrected chi connectivity index (χ3v) is 4.28. The SMILES string of the molecule is N[C@@H]1CCC[C@H]1CC(=O)Nc1ccc(Oc2ccccc2)cc1. The van der Waals surface area contributed by atoms with Gasteiger partial charge in [-0.15, -0.1) is 0 Å². The fraction of sp³-hybridized carbons (Fsp3) is 0.316. The van der Waals surface area contributed by atoms with Crippen LogP contribution in [0, 0.1) is 5.92 Å². The van der Waals surface area contributed by atoms with E-state index >= 15 is 0 Å². The van der Waals surface area contributed by atoms with Crippen molar-refractivity contribution in [3.8, 4) is 11.5 Å². The molecule has 1 amide bonds. The third-order valence-electron chi connectivity index (χ3n) is 4.28. The van der Waals surface area contributed by atoms with E-state index in [1.165, 1.54) is 0 Å². The first-order chi connectivity index (χ1) is 11.2. The number of carbonyl (C=O) groups excluding carboxylic acids is 1. The number of para-hydroxylation sites is 1. The molecule has 0 heterocycles. The van der Waals surface area contributed by atoms with Gasteiger partial charge in [0, 0.05) is 18.2 Å². The molecule has 0 unspecified atom stereocenters. The fourth-order valence-electron chi connectivity index (χ4n) is 3.00. The first-order valence-electron chi connectivity index (χ1n) is 8.09. The highest BCUT2D eigenvalue weighted by Gasteiger charge is 2.25. The lowest BCUT2D eigenvalue weighted by Gasteiger charge is -2.15. The highest BCUT2D eigenvalue weighted by molar-refractivity contribution is 5.90. The Labute approximate surface area is 136 Å². The highest BCUT2D eigenvalue weighted by Crippen LogP contribution is 2.27. The molecule has 1 aliphatic carbocycles. The number of hydrogen-bond acceptors (Lipinski definition) is 3. The molecule has 3 N–H and O–H groups in total. The molecular weight excluding hydrogens is 288 g/mol. The predicted molar refractivity (Wildman–Crippen MR) is 91.5 cm³/mol. The first kappa shape index (κ1) is 15.6. The Morgan fingerprint density at radius 3 is 2.39 bits per heavy atom. The van der Waals surface area contributed by atoms with Crippen molar-refractivity contribution in [2.75, 3.05) is 5.32 Å². The summed E-state index contributed by atoms with van der Waals surface area (Å²) < 4.78 is 5.73. The van der Waals surface area contributed by atoms with Crippen LogP contribution in [0.5, 0.6) is 11.5 Å². The fourth-order valence-corrected chi connectivity index (χ4v) is 3.00. The third kappa shape index (κ3) is 4.33. The predicted octanol–water partition coefficient (Wildman–Crippen LogP) is 3.93. The number of hydrogen-bond donors (Lipinski definition) is 2. The van der Waals surface area contributed by atoms with Crippen molar-refractivity contribution in [1.82, 2.24) is 0 Å². The average Bonchev–Trinajstić information content (AvgIpc) is 2.95. The lowest BCUT2D eigenvalue weighted by atomic mass is 10.00. The van der Waals surface area contributed by atoms with E-state index in [0.717, 1.165) is 36.4 Å². The molecule has 1 aliphatic rings. The normalized spacial score (nSPS) is 20.2. The molecule has 2 aromatic carbocycles. The number of amides is 1. The lowest BCUT2D eigenvalue weighted by Crippen LogP contribution is -2.28. The molecule has 0 aliphatic heterocycles. The van der Waals surface area contributed by atoms with Crippen molar-refractivity contribution >= 4 is 11.6 Å². The minimum absolute atomic E-state index is 0.0316. The zero-order valence-corrected chi connectivity index (χ0v) is 13.1. The molecule has 1 saturated carbocycles. The monoisotopic (exact) mass is 310 g/mol. The van der Waals surface area contributed by atoms with Gasteiger partial charge in [0.1, 0.15) is 11.5 Å². The van der Waals surface area contributed by atoms with Crippen LogP contribution < -0.4 is 15.8 Å². The van der Waals surface area contributed by atoms with Crippen LogP contribution in [-0.2, 0) is 4.79 Å². The van der Waals surface area contributed by atoms with E-state index in [0.29, 0.717) is 12.3 Å². The number of carbonyl (C=O) groups is 1. The van der Waals surface area contributed by atoms with Crippen molar-refractivity contribution in [3.05, 3.63) is 54.6 Å². The molecule has 3 rings (SSSR count). The maximum absolute atomic E-state index is 12.1. The van der Waals surface area contributed by atoms with Gasteiger partial charge in [0.2, 0.25) is 5.91 Å². The Kier molecular flexibility index (Phi) is 4.93. The summed E-state index contributed by atoms with van der Waals surface area (Å²) >= 11 is 0. The summed E-state index contributed by atoms with van der Waals surface area (Å²) in [5.74, 6) is 1.88. The number of anilines is 1. The molecule has 0 spiro atoms. The first-order valence-corrected chi connectivity index (χ1v) is 8.09. The number of rotatable bonds is 5. The summed E-state index contributed by atoms with van der Waals surface area (Å²) in [7, 11) is 0. The molecule has 120 valence electrons. The highest BCUT2D eigenvalue weighted by atomic mass is 16.5. The second-order valence-electron chi connectivity index (χ2n) is 6.05. The van der Waals surface area contributed by atoms with E-state index in [1.807, 2.05) is 54.6 Å². The number of ether oxygens (including phenoxy) is 1. The molecular formula is C19H22N2O2. The molecule has 4 nitrogen and oxygen atoms in total. The summed E-state index contributed by atoms with van der Waals surface area (Å²) in [6, 6.07) is 17.2. The van der Waals surface area contributed by atoms with Crippen LogP contribution in [0.4, 0.5) is 5.69 Å². The van der Waals surface area contributed by atoms with E-state index < -0.39 is 0 Å². The summed E-state index contributed by atoms with van der Waals surface area (Å²) in [4.78, 5) is 12.1. The Balaban J connectivity index is 1.54. The second-order valence-corrected chi connectivity index (χ2v) is 6.05. The minimum Gasteiger partial charge on any atom is -0.457 e. The van der Waals surface area contributed by atoms with Gasteiger partial charge in [-0.1, -0.05) is 24.6 Å². The van der Waals surface area contributed by atoms with Gasteiger partial charge >= 0.3 is 0 Å². The minimum atomic E-state index is 0.0316. The van der Waals surface area contributed by atoms with Crippen molar-refractivity contribution < 1.29 is 9.53 Å². The second kappa shape index (κ2) is 7.29. The smallest absolute Gasteiger partial charge is 0.224 e. The Morgan fingerprint density at radius 2 is 1.74 bits per heavy atom. The molecule has 0 bridgehead atoms. The van der Waals surface area contributed by atoms with E-state index in [-0.39, 0.29) is 11.9 Å². The Morgan fingerprint density at radius 1 is 1.04 bits per heavy atom. The van der Waals surface area contributed by atoms with Crippen LogP contribution in [0.25, 0.3) is 0 Å². The van der Waals surface area contributed by atoms with Gasteiger partial charge in [-0.05, 0) is 55.2 Å². The van der Waals surface area contributed by atoms with Gasteiger partial charge < -0.3 is 15.8 Å². The van der Waals surface area contributed by atoms with Crippen molar-refractivity contribution in [2.45, 2.75) is 31.7 Å². The van der Waals surface area contributed by atoms with Crippen LogP contribution in [-0.4, -0.2) is 11.9 Å². The van der Waals surface area contributed by atoms with Gasteiger partial charge in [-0.2, -0.15) is 0 Å². The largest absolute Gasteiger partial charge is 0.457 e. The molecule has 4 heteroatoms. The molecule has 0 aromatic heterocycles. The zero-order chi connectivity index (χ0) is 16.1. The average molecular weight is 310 g/mol. The van der Waals surface area contributed by atoms with Crippen molar-refractivity contribution in [2.24, 2.45) is 11.7 Å². The van der Waals surface area contributed by atoms with E-state index in [1.54, 1.807) is 0 Å². The topological polar surface area (TPSA) is 64.4 Å². The molecule has 0 saturated heterocycles. The summed E-state index contributed by atoms with van der Waals surface area (Å²) in [5.41, 5.74) is 6.80. The number of nitrogens with two attached hydrogens (primary N) is 1. The van der Waals surface area contributed by atoms with E-state index in [9.17, 15) is 4.79 Å². The van der Waals surface area contributed by atoms with Crippen LogP contribution >= 0.6 is 0 Å². The van der Waals surface area contributed by atoms with E-state index in [4.69, 9.17) is 10.5 Å². The zero-order valence-electron chi connectivity index (χ0n) is 13.1. The standard InChI is InChI=1S/C19H22N2O2/c20-18-8-4-5-14(18)13-19(22)21-15-9-11-17(12-10-15)23-16-6-2-1-3-7-16/h1-3,6-7,9-12,14,18H,4-5,8,13,20H2,(H,21,22)/t14-,18+/m0/s1. The Hall–Kier alpha value is -2.33. The molecule has 1 fully saturated rings. The maximum atomic E-state index is 12.1. The summed E-state index contributed by atoms with van der Waals surface area (Å²) in [6.07, 6.45) is 3.72.